The van der Waals surface area contributed by atoms with Gasteiger partial charge >= 0.3 is 0 Å². The van der Waals surface area contributed by atoms with Crippen LogP contribution in [0.25, 0.3) is 0 Å². The SMILES string of the molecule is CCC/N=C1\SC(C(O)c2ccc(OC[C@@H](O)CO)c(Cl)c2)C(=O)N1c1ccccc1C. The van der Waals surface area contributed by atoms with Gasteiger partial charge in [-0.2, -0.15) is 0 Å². The summed E-state index contributed by atoms with van der Waals surface area (Å²) in [6.45, 7) is 3.99. The van der Waals surface area contributed by atoms with Crippen LogP contribution in [0.4, 0.5) is 5.69 Å². The van der Waals surface area contributed by atoms with Crippen molar-refractivity contribution < 1.29 is 24.9 Å². The van der Waals surface area contributed by atoms with Gasteiger partial charge in [0.1, 0.15) is 29.8 Å². The van der Waals surface area contributed by atoms with Crippen molar-refractivity contribution in [1.82, 2.24) is 0 Å². The maximum Gasteiger partial charge on any atom is 0.249 e. The Morgan fingerprint density at radius 3 is 2.66 bits per heavy atom. The molecule has 1 fully saturated rings. The summed E-state index contributed by atoms with van der Waals surface area (Å²) < 4.78 is 5.40. The quantitative estimate of drug-likeness (QED) is 0.511. The predicted octanol–water partition coefficient (Wildman–Crippen LogP) is 3.33. The summed E-state index contributed by atoms with van der Waals surface area (Å²) in [4.78, 5) is 19.5. The molecule has 1 aliphatic heterocycles. The van der Waals surface area contributed by atoms with Gasteiger partial charge in [0.2, 0.25) is 5.91 Å². The van der Waals surface area contributed by atoms with E-state index in [1.165, 1.54) is 11.8 Å². The van der Waals surface area contributed by atoms with Crippen LogP contribution in [0.3, 0.4) is 0 Å². The van der Waals surface area contributed by atoms with Gasteiger partial charge in [0.25, 0.3) is 0 Å². The molecule has 1 saturated heterocycles. The number of carbonyl (C=O) groups excluding carboxylic acids is 1. The number of anilines is 1. The maximum absolute atomic E-state index is 13.4. The molecule has 0 radical (unpaired) electrons. The molecule has 32 heavy (non-hydrogen) atoms. The molecule has 2 unspecified atom stereocenters. The molecule has 0 aromatic heterocycles. The third-order valence-corrected chi connectivity index (χ3v) is 6.47. The van der Waals surface area contributed by atoms with Crippen molar-refractivity contribution in [2.24, 2.45) is 4.99 Å². The molecule has 2 aromatic carbocycles. The molecular weight excluding hydrogens is 452 g/mol. The molecule has 1 aliphatic rings. The normalized spacial score (nSPS) is 19.4. The molecular formula is C23H27ClN2O5S. The smallest absolute Gasteiger partial charge is 0.249 e. The highest BCUT2D eigenvalue weighted by Gasteiger charge is 2.43. The van der Waals surface area contributed by atoms with Crippen molar-refractivity contribution >= 4 is 40.1 Å². The fraction of sp³-hybridized carbons (Fsp3) is 0.391. The van der Waals surface area contributed by atoms with Gasteiger partial charge in [0.15, 0.2) is 5.17 Å². The number of para-hydroxylation sites is 1. The van der Waals surface area contributed by atoms with Crippen molar-refractivity contribution in [3.8, 4) is 5.75 Å². The number of ether oxygens (including phenoxy) is 1. The number of nitrogens with zero attached hydrogens (tertiary/aromatic N) is 2. The lowest BCUT2D eigenvalue weighted by molar-refractivity contribution is -0.118. The summed E-state index contributed by atoms with van der Waals surface area (Å²) in [6, 6.07) is 12.3. The maximum atomic E-state index is 13.4. The van der Waals surface area contributed by atoms with Gasteiger partial charge in [-0.15, -0.1) is 0 Å². The lowest BCUT2D eigenvalue weighted by Crippen LogP contribution is -2.34. The number of thioether (sulfide) groups is 1. The minimum Gasteiger partial charge on any atom is -0.489 e. The van der Waals surface area contributed by atoms with Crippen LogP contribution in [0.15, 0.2) is 47.5 Å². The van der Waals surface area contributed by atoms with Crippen LogP contribution in [0.2, 0.25) is 5.02 Å². The minimum absolute atomic E-state index is 0.113. The number of benzene rings is 2. The Balaban J connectivity index is 1.85. The molecule has 172 valence electrons. The van der Waals surface area contributed by atoms with Gasteiger partial charge in [0, 0.05) is 6.54 Å². The topological polar surface area (TPSA) is 103 Å². The highest BCUT2D eigenvalue weighted by molar-refractivity contribution is 8.16. The van der Waals surface area contributed by atoms with Crippen LogP contribution in [0.5, 0.6) is 5.75 Å². The number of amides is 1. The highest BCUT2D eigenvalue weighted by atomic mass is 35.5. The zero-order chi connectivity index (χ0) is 23.3. The fourth-order valence-corrected chi connectivity index (χ4v) is 4.64. The summed E-state index contributed by atoms with van der Waals surface area (Å²) in [5, 5.41) is 29.4. The van der Waals surface area contributed by atoms with Gasteiger partial charge < -0.3 is 20.1 Å². The number of amidine groups is 1. The zero-order valence-electron chi connectivity index (χ0n) is 17.9. The summed E-state index contributed by atoms with van der Waals surface area (Å²) in [6.07, 6.45) is -1.28. The van der Waals surface area contributed by atoms with Crippen molar-refractivity contribution in [2.75, 3.05) is 24.7 Å². The van der Waals surface area contributed by atoms with E-state index in [0.717, 1.165) is 17.7 Å². The van der Waals surface area contributed by atoms with E-state index in [1.807, 2.05) is 38.1 Å². The van der Waals surface area contributed by atoms with E-state index in [-0.39, 0.29) is 17.5 Å². The molecule has 3 N–H and O–H groups in total. The van der Waals surface area contributed by atoms with Gasteiger partial charge in [-0.3, -0.25) is 14.7 Å². The molecule has 1 heterocycles. The highest BCUT2D eigenvalue weighted by Crippen LogP contribution is 2.40. The first-order chi connectivity index (χ1) is 15.4. The third-order valence-electron chi connectivity index (χ3n) is 4.94. The molecule has 2 aromatic rings. The second-order valence-electron chi connectivity index (χ2n) is 7.44. The average Bonchev–Trinajstić information content (AvgIpc) is 3.12. The molecule has 9 heteroatoms. The summed E-state index contributed by atoms with van der Waals surface area (Å²) in [5.41, 5.74) is 2.16. The number of rotatable bonds is 9. The van der Waals surface area contributed by atoms with Crippen LogP contribution in [0.1, 0.15) is 30.6 Å². The van der Waals surface area contributed by atoms with Crippen LogP contribution in [0, 0.1) is 6.92 Å². The first-order valence-corrected chi connectivity index (χ1v) is 11.6. The summed E-state index contributed by atoms with van der Waals surface area (Å²) in [5.74, 6) is 0.0708. The Hall–Kier alpha value is -2.10. The Bertz CT molecular complexity index is 987. The van der Waals surface area contributed by atoms with E-state index in [0.29, 0.717) is 23.0 Å². The lowest BCUT2D eigenvalue weighted by Gasteiger charge is -2.20. The van der Waals surface area contributed by atoms with E-state index in [4.69, 9.17) is 21.4 Å². The molecule has 0 bridgehead atoms. The van der Waals surface area contributed by atoms with Crippen LogP contribution < -0.4 is 9.64 Å². The van der Waals surface area contributed by atoms with Gasteiger partial charge in [-0.05, 0) is 42.7 Å². The van der Waals surface area contributed by atoms with Crippen molar-refractivity contribution in [2.45, 2.75) is 37.7 Å². The molecule has 0 saturated carbocycles. The largest absolute Gasteiger partial charge is 0.489 e. The average molecular weight is 479 g/mol. The predicted molar refractivity (Wildman–Crippen MR) is 128 cm³/mol. The monoisotopic (exact) mass is 478 g/mol. The summed E-state index contributed by atoms with van der Waals surface area (Å²) in [7, 11) is 0. The van der Waals surface area contributed by atoms with E-state index in [2.05, 4.69) is 4.99 Å². The zero-order valence-corrected chi connectivity index (χ0v) is 19.5. The van der Waals surface area contributed by atoms with Crippen molar-refractivity contribution in [1.29, 1.82) is 0 Å². The standard InChI is InChI=1S/C23H27ClN2O5S/c1-3-10-25-23-26(18-7-5-4-6-14(18)2)22(30)21(32-23)20(29)15-8-9-19(17(24)11-15)31-13-16(28)12-27/h4-9,11,16,20-21,27-29H,3,10,12-13H2,1-2H3/b25-23-/t16-,20?,21?/m0/s1. The minimum atomic E-state index is -1.11. The van der Waals surface area contributed by atoms with E-state index < -0.39 is 24.1 Å². The summed E-state index contributed by atoms with van der Waals surface area (Å²) >= 11 is 7.52. The first-order valence-electron chi connectivity index (χ1n) is 10.4. The van der Waals surface area contributed by atoms with E-state index in [9.17, 15) is 15.0 Å². The third kappa shape index (κ3) is 5.44. The Labute approximate surface area is 196 Å². The van der Waals surface area contributed by atoms with Crippen LogP contribution >= 0.6 is 23.4 Å². The van der Waals surface area contributed by atoms with E-state index in [1.54, 1.807) is 23.1 Å². The van der Waals surface area contributed by atoms with Gasteiger partial charge in [-0.1, -0.05) is 54.6 Å². The second-order valence-corrected chi connectivity index (χ2v) is 8.96. The Kier molecular flexibility index (Phi) is 8.56. The van der Waals surface area contributed by atoms with Crippen LogP contribution in [-0.2, 0) is 4.79 Å². The lowest BCUT2D eigenvalue weighted by atomic mass is 10.0. The van der Waals surface area contributed by atoms with Gasteiger partial charge in [-0.25, -0.2) is 0 Å². The van der Waals surface area contributed by atoms with Gasteiger partial charge in [0.05, 0.1) is 17.3 Å². The van der Waals surface area contributed by atoms with Crippen LogP contribution in [-0.4, -0.2) is 57.5 Å². The number of halogens is 1. The number of aliphatic hydroxyl groups is 3. The fourth-order valence-electron chi connectivity index (χ4n) is 3.22. The number of aliphatic imine (C=N–C) groups is 1. The Morgan fingerprint density at radius 2 is 2.00 bits per heavy atom. The van der Waals surface area contributed by atoms with E-state index >= 15 is 0 Å². The molecule has 0 spiro atoms. The Morgan fingerprint density at radius 1 is 1.25 bits per heavy atom. The number of aliphatic hydroxyl groups excluding tert-OH is 3. The number of hydrogen-bond acceptors (Lipinski definition) is 7. The molecule has 3 rings (SSSR count). The second kappa shape index (κ2) is 11.2. The number of carbonyl (C=O) groups is 1. The number of aryl methyl sites for hydroxylation is 1. The first kappa shape index (κ1) is 24.5. The number of hydrogen-bond donors (Lipinski definition) is 3. The molecule has 7 nitrogen and oxygen atoms in total. The molecule has 3 atom stereocenters. The van der Waals surface area contributed by atoms with Crippen molar-refractivity contribution in [3.63, 3.8) is 0 Å². The van der Waals surface area contributed by atoms with Crippen molar-refractivity contribution in [3.05, 3.63) is 58.6 Å². The molecule has 0 aliphatic carbocycles. The molecule has 1 amide bonds.